The molecule has 6 rings (SSSR count). The Bertz CT molecular complexity index is 1420. The standard InChI is InChI=1S/C33H37F2N5O/c1-41-19-18-40-16-14-39(15-17-40)13-12-23-6-9-26(10-7-23)37-33-36-22-25-20-29(24-8-11-30(34)31(35)21-24)27-4-2-3-5-28(27)32(25)38-33/h2-11,21,25,29H,12-20,22H2,1H3,(H,36,37). The van der Waals surface area contributed by atoms with E-state index in [0.717, 1.165) is 86.8 Å². The highest BCUT2D eigenvalue weighted by atomic mass is 19.2. The molecule has 2 heterocycles. The van der Waals surface area contributed by atoms with Gasteiger partial charge in [0.15, 0.2) is 11.6 Å². The number of hydrogen-bond donors (Lipinski definition) is 1. The summed E-state index contributed by atoms with van der Waals surface area (Å²) in [5.41, 5.74) is 6.23. The van der Waals surface area contributed by atoms with Crippen molar-refractivity contribution in [2.45, 2.75) is 18.8 Å². The van der Waals surface area contributed by atoms with E-state index in [0.29, 0.717) is 12.5 Å². The number of ether oxygens (including phenoxy) is 1. The van der Waals surface area contributed by atoms with Crippen molar-refractivity contribution in [3.63, 3.8) is 0 Å². The molecule has 0 spiro atoms. The summed E-state index contributed by atoms with van der Waals surface area (Å²) in [5.74, 6) is -0.926. The van der Waals surface area contributed by atoms with Crippen molar-refractivity contribution in [3.05, 3.63) is 101 Å². The first-order valence-electron chi connectivity index (χ1n) is 14.5. The molecule has 6 nitrogen and oxygen atoms in total. The van der Waals surface area contributed by atoms with E-state index < -0.39 is 11.6 Å². The first-order chi connectivity index (χ1) is 20.1. The smallest absolute Gasteiger partial charge is 0.222 e. The third-order valence-electron chi connectivity index (χ3n) is 8.56. The molecule has 8 heteroatoms. The summed E-state index contributed by atoms with van der Waals surface area (Å²) in [6, 6.07) is 20.9. The SMILES string of the molecule is COCCN1CCN(CCc2ccc(NC3=NCC4CC(c5ccc(F)c(F)c5)c5ccccc5C4=N3)cc2)CC1. The summed E-state index contributed by atoms with van der Waals surface area (Å²) in [7, 11) is 1.76. The highest BCUT2D eigenvalue weighted by molar-refractivity contribution is 6.14. The third kappa shape index (κ3) is 6.40. The maximum Gasteiger partial charge on any atom is 0.222 e. The Morgan fingerprint density at radius 1 is 0.902 bits per heavy atom. The Morgan fingerprint density at radius 3 is 2.41 bits per heavy atom. The Labute approximate surface area is 240 Å². The molecule has 1 fully saturated rings. The lowest BCUT2D eigenvalue weighted by Gasteiger charge is -2.34. The average Bonchev–Trinajstić information content (AvgIpc) is 3.01. The summed E-state index contributed by atoms with van der Waals surface area (Å²) in [5, 5.41) is 3.40. The molecule has 3 aliphatic rings. The normalized spacial score (nSPS) is 21.0. The second-order valence-electron chi connectivity index (χ2n) is 11.2. The number of aliphatic imine (C=N–C) groups is 2. The molecule has 0 radical (unpaired) electrons. The first kappa shape index (κ1) is 27.7. The van der Waals surface area contributed by atoms with E-state index in [1.165, 1.54) is 17.7 Å². The molecule has 2 atom stereocenters. The molecular formula is C33H37F2N5O. The van der Waals surface area contributed by atoms with Crippen molar-refractivity contribution in [3.8, 4) is 0 Å². The summed E-state index contributed by atoms with van der Waals surface area (Å²) in [6.07, 6.45) is 1.79. The molecule has 0 aromatic heterocycles. The van der Waals surface area contributed by atoms with Crippen LogP contribution in [0.4, 0.5) is 14.5 Å². The van der Waals surface area contributed by atoms with Crippen LogP contribution in [0.2, 0.25) is 0 Å². The fourth-order valence-electron chi connectivity index (χ4n) is 6.18. The molecule has 3 aromatic rings. The van der Waals surface area contributed by atoms with Gasteiger partial charge < -0.3 is 15.0 Å². The van der Waals surface area contributed by atoms with Crippen molar-refractivity contribution < 1.29 is 13.5 Å². The Morgan fingerprint density at radius 2 is 1.66 bits per heavy atom. The van der Waals surface area contributed by atoms with Crippen molar-refractivity contribution in [2.24, 2.45) is 15.9 Å². The summed E-state index contributed by atoms with van der Waals surface area (Å²) in [6.45, 7) is 7.91. The van der Waals surface area contributed by atoms with Crippen LogP contribution in [0.15, 0.2) is 76.7 Å². The Hall–Kier alpha value is -3.46. The van der Waals surface area contributed by atoms with Gasteiger partial charge in [-0.3, -0.25) is 9.89 Å². The first-order valence-corrected chi connectivity index (χ1v) is 14.5. The number of nitrogens with one attached hydrogen (secondary N) is 1. The number of anilines is 1. The lowest BCUT2D eigenvalue weighted by Crippen LogP contribution is -2.47. The molecule has 0 bridgehead atoms. The van der Waals surface area contributed by atoms with E-state index in [9.17, 15) is 8.78 Å². The van der Waals surface area contributed by atoms with E-state index in [1.807, 2.05) is 12.1 Å². The maximum absolute atomic E-state index is 14.1. The molecule has 3 aromatic carbocycles. The monoisotopic (exact) mass is 557 g/mol. The number of rotatable bonds is 8. The quantitative estimate of drug-likeness (QED) is 0.414. The number of methoxy groups -OCH3 is 1. The Kier molecular flexibility index (Phi) is 8.51. The predicted molar refractivity (Wildman–Crippen MR) is 160 cm³/mol. The minimum absolute atomic E-state index is 0.0259. The van der Waals surface area contributed by atoms with Gasteiger partial charge in [0.2, 0.25) is 5.96 Å². The molecule has 1 aliphatic carbocycles. The number of piperazine rings is 1. The largest absolute Gasteiger partial charge is 0.383 e. The van der Waals surface area contributed by atoms with Crippen LogP contribution in [0, 0.1) is 17.6 Å². The number of guanidine groups is 1. The van der Waals surface area contributed by atoms with Crippen LogP contribution in [0.3, 0.4) is 0 Å². The molecular weight excluding hydrogens is 520 g/mol. The Balaban J connectivity index is 1.08. The minimum atomic E-state index is -0.821. The fourth-order valence-corrected chi connectivity index (χ4v) is 6.18. The molecule has 2 unspecified atom stereocenters. The van der Waals surface area contributed by atoms with Crippen LogP contribution in [-0.4, -0.2) is 81.0 Å². The van der Waals surface area contributed by atoms with Gasteiger partial charge in [0, 0.05) is 69.5 Å². The van der Waals surface area contributed by atoms with Crippen LogP contribution >= 0.6 is 0 Å². The number of hydrogen-bond acceptors (Lipinski definition) is 6. The van der Waals surface area contributed by atoms with Gasteiger partial charge in [0.1, 0.15) is 0 Å². The van der Waals surface area contributed by atoms with E-state index in [4.69, 9.17) is 14.7 Å². The van der Waals surface area contributed by atoms with Crippen LogP contribution in [0.1, 0.15) is 34.6 Å². The molecule has 0 amide bonds. The zero-order chi connectivity index (χ0) is 28.2. The van der Waals surface area contributed by atoms with Crippen LogP contribution in [-0.2, 0) is 11.2 Å². The lowest BCUT2D eigenvalue weighted by atomic mass is 9.72. The van der Waals surface area contributed by atoms with Gasteiger partial charge in [-0.25, -0.2) is 13.8 Å². The molecule has 41 heavy (non-hydrogen) atoms. The van der Waals surface area contributed by atoms with Crippen molar-refractivity contribution >= 4 is 17.4 Å². The van der Waals surface area contributed by atoms with E-state index in [-0.39, 0.29) is 11.8 Å². The second kappa shape index (κ2) is 12.6. The highest BCUT2D eigenvalue weighted by Crippen LogP contribution is 2.41. The van der Waals surface area contributed by atoms with Crippen LogP contribution in [0.5, 0.6) is 0 Å². The summed E-state index contributed by atoms with van der Waals surface area (Å²) in [4.78, 5) is 14.7. The third-order valence-corrected chi connectivity index (χ3v) is 8.56. The maximum atomic E-state index is 14.1. The van der Waals surface area contributed by atoms with Crippen molar-refractivity contribution in [1.29, 1.82) is 0 Å². The molecule has 1 N–H and O–H groups in total. The van der Waals surface area contributed by atoms with Crippen molar-refractivity contribution in [1.82, 2.24) is 9.80 Å². The zero-order valence-electron chi connectivity index (χ0n) is 23.5. The van der Waals surface area contributed by atoms with E-state index in [1.54, 1.807) is 13.2 Å². The number of nitrogens with zero attached hydrogens (tertiary/aromatic N) is 4. The van der Waals surface area contributed by atoms with Crippen LogP contribution < -0.4 is 5.32 Å². The van der Waals surface area contributed by atoms with Gasteiger partial charge in [-0.1, -0.05) is 42.5 Å². The number of fused-ring (bicyclic) bond motifs is 3. The van der Waals surface area contributed by atoms with E-state index >= 15 is 0 Å². The van der Waals surface area contributed by atoms with Gasteiger partial charge in [-0.05, 0) is 53.8 Å². The molecule has 214 valence electrons. The zero-order valence-corrected chi connectivity index (χ0v) is 23.5. The average molecular weight is 558 g/mol. The minimum Gasteiger partial charge on any atom is -0.383 e. The van der Waals surface area contributed by atoms with Gasteiger partial charge in [-0.2, -0.15) is 0 Å². The van der Waals surface area contributed by atoms with Crippen LogP contribution in [0.25, 0.3) is 0 Å². The molecule has 1 saturated heterocycles. The van der Waals surface area contributed by atoms with Gasteiger partial charge in [0.25, 0.3) is 0 Å². The van der Waals surface area contributed by atoms with E-state index in [2.05, 4.69) is 51.5 Å². The topological polar surface area (TPSA) is 52.5 Å². The predicted octanol–water partition coefficient (Wildman–Crippen LogP) is 5.19. The fraction of sp³-hybridized carbons (Fsp3) is 0.394. The lowest BCUT2D eigenvalue weighted by molar-refractivity contribution is 0.0976. The molecule has 2 aliphatic heterocycles. The second-order valence-corrected chi connectivity index (χ2v) is 11.2. The number of halogens is 2. The van der Waals surface area contributed by atoms with Gasteiger partial charge in [-0.15, -0.1) is 0 Å². The number of benzene rings is 3. The molecule has 0 saturated carbocycles. The summed E-state index contributed by atoms with van der Waals surface area (Å²) >= 11 is 0. The highest BCUT2D eigenvalue weighted by Gasteiger charge is 2.34. The van der Waals surface area contributed by atoms with Gasteiger partial charge >= 0.3 is 0 Å². The summed E-state index contributed by atoms with van der Waals surface area (Å²) < 4.78 is 32.9. The van der Waals surface area contributed by atoms with Crippen molar-refractivity contribution in [2.75, 3.05) is 64.8 Å². The van der Waals surface area contributed by atoms with Gasteiger partial charge in [0.05, 0.1) is 18.9 Å².